The highest BCUT2D eigenvalue weighted by molar-refractivity contribution is 7.12. The number of hydrogen-bond acceptors (Lipinski definition) is 9. The predicted octanol–water partition coefficient (Wildman–Crippen LogP) is 2.00. The summed E-state index contributed by atoms with van der Waals surface area (Å²) in [4.78, 5) is 40.0. The van der Waals surface area contributed by atoms with E-state index in [2.05, 4.69) is 43.3 Å². The van der Waals surface area contributed by atoms with Crippen LogP contribution in [0.1, 0.15) is 22.5 Å². The van der Waals surface area contributed by atoms with Crippen molar-refractivity contribution in [1.29, 1.82) is 0 Å². The van der Waals surface area contributed by atoms with E-state index in [1.807, 2.05) is 40.9 Å². The van der Waals surface area contributed by atoms with Gasteiger partial charge >= 0.3 is 0 Å². The van der Waals surface area contributed by atoms with Crippen molar-refractivity contribution < 1.29 is 9.59 Å². The van der Waals surface area contributed by atoms with Crippen LogP contribution >= 0.6 is 11.3 Å². The molecule has 208 valence electrons. The number of rotatable bonds is 6. The summed E-state index contributed by atoms with van der Waals surface area (Å²) in [5.41, 5.74) is 2.50. The lowest BCUT2D eigenvalue weighted by Gasteiger charge is -2.42. The molecule has 0 saturated carbocycles. The Balaban J connectivity index is 1.04. The lowest BCUT2D eigenvalue weighted by molar-refractivity contribution is -0.133. The fourth-order valence-electron chi connectivity index (χ4n) is 6.09. The van der Waals surface area contributed by atoms with Crippen molar-refractivity contribution in [3.8, 4) is 0 Å². The van der Waals surface area contributed by atoms with E-state index in [4.69, 9.17) is 4.98 Å². The van der Waals surface area contributed by atoms with E-state index in [1.54, 1.807) is 15.4 Å². The molecule has 0 radical (unpaired) electrons. The molecule has 7 heterocycles. The minimum absolute atomic E-state index is 0.0735. The molecule has 2 atom stereocenters. The normalized spacial score (nSPS) is 21.4. The number of fused-ring (bicyclic) bond motifs is 3. The van der Waals surface area contributed by atoms with E-state index in [0.29, 0.717) is 5.95 Å². The molecule has 13 heteroatoms. The van der Waals surface area contributed by atoms with Crippen LogP contribution in [0.3, 0.4) is 0 Å². The molecule has 3 aliphatic heterocycles. The summed E-state index contributed by atoms with van der Waals surface area (Å²) < 4.78 is 3.43. The van der Waals surface area contributed by atoms with Crippen molar-refractivity contribution in [1.82, 2.24) is 39.1 Å². The Kier molecular flexibility index (Phi) is 6.39. The van der Waals surface area contributed by atoms with Crippen LogP contribution in [0.25, 0.3) is 5.65 Å². The number of nitrogens with zero attached hydrogens (tertiary/aromatic N) is 9. The Labute approximate surface area is 235 Å². The first-order valence-corrected chi connectivity index (χ1v) is 14.6. The summed E-state index contributed by atoms with van der Waals surface area (Å²) in [5, 5.41) is 14.2. The minimum atomic E-state index is 0.0735. The number of nitrogens with one attached hydrogen (secondary N) is 1. The summed E-state index contributed by atoms with van der Waals surface area (Å²) in [5.74, 6) is 0.691. The molecule has 3 aliphatic rings. The third-order valence-corrected chi connectivity index (χ3v) is 9.03. The lowest BCUT2D eigenvalue weighted by atomic mass is 10.1. The first kappa shape index (κ1) is 25.0. The highest BCUT2D eigenvalue weighted by atomic mass is 32.1. The van der Waals surface area contributed by atoms with Crippen LogP contribution in [0.15, 0.2) is 48.2 Å². The molecule has 0 aromatic carbocycles. The van der Waals surface area contributed by atoms with Crippen LogP contribution in [0.5, 0.6) is 0 Å². The lowest BCUT2D eigenvalue weighted by Crippen LogP contribution is -2.55. The highest BCUT2D eigenvalue weighted by Gasteiger charge is 2.43. The van der Waals surface area contributed by atoms with Gasteiger partial charge in [-0.3, -0.25) is 14.3 Å². The number of thiophene rings is 1. The van der Waals surface area contributed by atoms with Gasteiger partial charge in [0.15, 0.2) is 5.65 Å². The largest absolute Gasteiger partial charge is 0.364 e. The van der Waals surface area contributed by atoms with E-state index in [9.17, 15) is 9.59 Å². The maximum Gasteiger partial charge on any atom is 0.264 e. The Morgan fingerprint density at radius 3 is 2.62 bits per heavy atom. The van der Waals surface area contributed by atoms with Gasteiger partial charge in [-0.25, -0.2) is 4.52 Å². The van der Waals surface area contributed by atoms with Gasteiger partial charge in [0, 0.05) is 63.7 Å². The molecule has 4 aromatic heterocycles. The average Bonchev–Trinajstić information content (AvgIpc) is 3.76. The zero-order valence-corrected chi connectivity index (χ0v) is 23.2. The fourth-order valence-corrected chi connectivity index (χ4v) is 6.76. The van der Waals surface area contributed by atoms with Crippen LogP contribution in [-0.2, 0) is 11.3 Å². The number of anilines is 3. The molecule has 2 unspecified atom stereocenters. The second kappa shape index (κ2) is 10.2. The van der Waals surface area contributed by atoms with Gasteiger partial charge in [0.25, 0.3) is 5.91 Å². The van der Waals surface area contributed by atoms with Crippen LogP contribution in [0.4, 0.5) is 17.3 Å². The number of carbonyl (C=O) groups excluding carboxylic acids is 2. The smallest absolute Gasteiger partial charge is 0.264 e. The van der Waals surface area contributed by atoms with Gasteiger partial charge in [0.05, 0.1) is 22.4 Å². The van der Waals surface area contributed by atoms with Crippen LogP contribution in [0, 0.1) is 0 Å². The molecule has 3 fully saturated rings. The van der Waals surface area contributed by atoms with Crippen LogP contribution in [0.2, 0.25) is 0 Å². The maximum atomic E-state index is 13.2. The first-order valence-electron chi connectivity index (χ1n) is 13.7. The zero-order chi connectivity index (χ0) is 27.2. The van der Waals surface area contributed by atoms with Gasteiger partial charge in [-0.2, -0.15) is 10.1 Å². The monoisotopic (exact) mass is 560 g/mol. The van der Waals surface area contributed by atoms with E-state index in [0.717, 1.165) is 74.0 Å². The number of carbonyl (C=O) groups is 2. The molecular formula is C27H32N10O2S. The fraction of sp³-hybridized carbons (Fsp3) is 0.444. The minimum Gasteiger partial charge on any atom is -0.364 e. The molecule has 2 amide bonds. The summed E-state index contributed by atoms with van der Waals surface area (Å²) in [6.07, 6.45) is 7.41. The summed E-state index contributed by atoms with van der Waals surface area (Å²) in [6, 6.07) is 8.29. The van der Waals surface area contributed by atoms with Crippen molar-refractivity contribution in [3.63, 3.8) is 0 Å². The van der Waals surface area contributed by atoms with Crippen LogP contribution < -0.4 is 10.2 Å². The summed E-state index contributed by atoms with van der Waals surface area (Å²) in [7, 11) is 2.07. The van der Waals surface area contributed by atoms with Crippen molar-refractivity contribution >= 4 is 46.1 Å². The summed E-state index contributed by atoms with van der Waals surface area (Å²) in [6.45, 7) is 5.03. The van der Waals surface area contributed by atoms with Gasteiger partial charge in [-0.05, 0) is 43.5 Å². The molecule has 7 rings (SSSR count). The number of amides is 2. The van der Waals surface area contributed by atoms with Crippen molar-refractivity contribution in [2.75, 3.05) is 56.5 Å². The Hall–Kier alpha value is -3.97. The maximum absolute atomic E-state index is 13.2. The second-order valence-corrected chi connectivity index (χ2v) is 11.8. The van der Waals surface area contributed by atoms with Gasteiger partial charge in [0.1, 0.15) is 6.54 Å². The van der Waals surface area contributed by atoms with Crippen molar-refractivity contribution in [3.05, 3.63) is 53.1 Å². The molecular weight excluding hydrogens is 528 g/mol. The first-order chi connectivity index (χ1) is 19.5. The topological polar surface area (TPSA) is 107 Å². The standard InChI is InChI=1S/C27H32N10O2S/c1-32-9-11-33(12-10-32)24(38)18-35-15-19(14-28-35)29-27-30-25-22(4-2-8-36(25)31-27)34-16-20-6-7-21(17-34)37(20)26(39)23-5-3-13-40-23/h2-5,8,13-15,20-21H,6-7,9-12,16-18H2,1H3,(H,29,31). The Morgan fingerprint density at radius 2 is 1.88 bits per heavy atom. The van der Waals surface area contributed by atoms with Crippen LogP contribution in [-0.4, -0.2) is 109 Å². The van der Waals surface area contributed by atoms with Crippen molar-refractivity contribution in [2.45, 2.75) is 31.5 Å². The Morgan fingerprint density at radius 1 is 1.07 bits per heavy atom. The molecule has 0 spiro atoms. The highest BCUT2D eigenvalue weighted by Crippen LogP contribution is 2.35. The zero-order valence-electron chi connectivity index (χ0n) is 22.4. The number of hydrogen-bond donors (Lipinski definition) is 1. The average molecular weight is 561 g/mol. The van der Waals surface area contributed by atoms with E-state index in [1.165, 1.54) is 11.3 Å². The van der Waals surface area contributed by atoms with Gasteiger partial charge < -0.3 is 24.9 Å². The van der Waals surface area contributed by atoms with E-state index in [-0.39, 0.29) is 30.4 Å². The molecule has 40 heavy (non-hydrogen) atoms. The molecule has 2 bridgehead atoms. The third-order valence-electron chi connectivity index (χ3n) is 8.17. The van der Waals surface area contributed by atoms with E-state index < -0.39 is 0 Å². The van der Waals surface area contributed by atoms with Crippen molar-refractivity contribution in [2.24, 2.45) is 0 Å². The quantitative estimate of drug-likeness (QED) is 0.382. The molecule has 4 aromatic rings. The third kappa shape index (κ3) is 4.68. The predicted molar refractivity (Wildman–Crippen MR) is 152 cm³/mol. The number of piperazine rings is 2. The SMILES string of the molecule is CN1CCN(C(=O)Cn2cc(Nc3nc4c(N5CC6CCC(C5)N6C(=O)c5cccs5)cccn4n3)cn2)CC1. The van der Waals surface area contributed by atoms with E-state index >= 15 is 0 Å². The van der Waals surface area contributed by atoms with Gasteiger partial charge in [-0.1, -0.05) is 6.07 Å². The molecule has 1 N–H and O–H groups in total. The molecule has 12 nitrogen and oxygen atoms in total. The number of likely N-dealkylation sites (N-methyl/N-ethyl adjacent to an activating group) is 1. The Bertz CT molecular complexity index is 1510. The van der Waals surface area contributed by atoms with Gasteiger partial charge in [-0.15, -0.1) is 16.4 Å². The molecule has 3 saturated heterocycles. The summed E-state index contributed by atoms with van der Waals surface area (Å²) >= 11 is 1.51. The molecule has 0 aliphatic carbocycles. The number of pyridine rings is 1. The van der Waals surface area contributed by atoms with Gasteiger partial charge in [0.2, 0.25) is 11.9 Å². The number of aromatic nitrogens is 5. The second-order valence-electron chi connectivity index (χ2n) is 10.8.